The lowest BCUT2D eigenvalue weighted by molar-refractivity contribution is -0.143. The van der Waals surface area contributed by atoms with Gasteiger partial charge in [0.1, 0.15) is 12.5 Å². The number of fused-ring (bicyclic) bond motifs is 4. The summed E-state index contributed by atoms with van der Waals surface area (Å²) < 4.78 is 105. The van der Waals surface area contributed by atoms with Crippen LogP contribution in [0.1, 0.15) is 62.8 Å². The van der Waals surface area contributed by atoms with E-state index in [4.69, 9.17) is 40.9 Å². The molecule has 0 unspecified atom stereocenters. The Morgan fingerprint density at radius 2 is 1.05 bits per heavy atom. The summed E-state index contributed by atoms with van der Waals surface area (Å²) in [6.07, 6.45) is -9.80. The molecule has 2 aromatic rings. The molecular formula is C40H40F6N6O6. The van der Waals surface area contributed by atoms with E-state index >= 15 is 0 Å². The van der Waals surface area contributed by atoms with E-state index in [1.165, 1.54) is 21.9 Å². The Labute approximate surface area is 328 Å². The van der Waals surface area contributed by atoms with Crippen LogP contribution in [-0.2, 0) is 40.9 Å². The Bertz CT molecular complexity index is 2070. The van der Waals surface area contributed by atoms with Crippen LogP contribution in [0.5, 0.6) is 0 Å². The van der Waals surface area contributed by atoms with Crippen molar-refractivity contribution < 1.29 is 54.9 Å². The second kappa shape index (κ2) is 12.1. The zero-order valence-corrected chi connectivity index (χ0v) is 31.7. The van der Waals surface area contributed by atoms with Crippen molar-refractivity contribution in [2.24, 2.45) is 47.0 Å². The Morgan fingerprint density at radius 3 is 1.38 bits per heavy atom. The van der Waals surface area contributed by atoms with Crippen molar-refractivity contribution in [2.75, 3.05) is 23.0 Å². The monoisotopic (exact) mass is 814 g/mol. The summed E-state index contributed by atoms with van der Waals surface area (Å²) in [6, 6.07) is 9.21. The lowest BCUT2D eigenvalue weighted by Gasteiger charge is -2.45. The maximum atomic E-state index is 13.5. The summed E-state index contributed by atoms with van der Waals surface area (Å²) in [5.41, 5.74) is 7.02. The molecule has 2 spiro atoms. The minimum absolute atomic E-state index is 0.0712. The van der Waals surface area contributed by atoms with Gasteiger partial charge in [-0.15, -0.1) is 0 Å². The lowest BCUT2D eigenvalue weighted by atomic mass is 9.60. The maximum Gasteiger partial charge on any atom is 0.417 e. The van der Waals surface area contributed by atoms with Crippen molar-refractivity contribution in [1.82, 2.24) is 0 Å². The highest BCUT2D eigenvalue weighted by molar-refractivity contribution is 6.01. The molecule has 8 aliphatic rings. The molecule has 8 heterocycles. The molecule has 2 amide bonds. The zero-order chi connectivity index (χ0) is 41.9. The number of amides is 2. The topological polar surface area (TPSA) is 177 Å². The standard InChI is InChI=1S/2C20H20F3N3O3/c2*1-9-15(25)19-5-6-28-17-14(19)13(18(9,2)29-19)16(27)26(17)11-4-3-10(8-24)12(7-11)20(21,22)23/h2*3-4,7,9,13-15,17H,5-6,25H2,1-2H3/t2*9-,13-,14+,15-,17+,18-,19-/m10/s1. The van der Waals surface area contributed by atoms with Crippen LogP contribution in [0.2, 0.25) is 0 Å². The molecule has 12 nitrogen and oxygen atoms in total. The van der Waals surface area contributed by atoms with Gasteiger partial charge in [0.15, 0.2) is 0 Å². The number of ether oxygens (including phenoxy) is 4. The van der Waals surface area contributed by atoms with Gasteiger partial charge >= 0.3 is 12.4 Å². The lowest BCUT2D eigenvalue weighted by Crippen LogP contribution is -2.62. The van der Waals surface area contributed by atoms with E-state index in [1.54, 1.807) is 12.1 Å². The van der Waals surface area contributed by atoms with Crippen LogP contribution in [0.4, 0.5) is 37.7 Å². The third-order valence-corrected chi connectivity index (χ3v) is 15.0. The molecule has 0 aliphatic carbocycles. The van der Waals surface area contributed by atoms with Crippen LogP contribution in [-0.4, -0.2) is 72.0 Å². The summed E-state index contributed by atoms with van der Waals surface area (Å²) >= 11 is 0. The number of anilines is 2. The van der Waals surface area contributed by atoms with Gasteiger partial charge in [0.05, 0.1) is 81.8 Å². The average Bonchev–Trinajstić information content (AvgIpc) is 3.93. The largest absolute Gasteiger partial charge is 0.417 e. The van der Waals surface area contributed by atoms with Gasteiger partial charge in [-0.3, -0.25) is 19.4 Å². The van der Waals surface area contributed by atoms with E-state index in [-0.39, 0.29) is 58.9 Å². The van der Waals surface area contributed by atoms with Gasteiger partial charge in [0, 0.05) is 60.0 Å². The summed E-state index contributed by atoms with van der Waals surface area (Å²) in [4.78, 5) is 29.6. The van der Waals surface area contributed by atoms with Gasteiger partial charge in [-0.2, -0.15) is 36.9 Å². The SMILES string of the molecule is C[C@@H]1[C@@H](N)[C@@]23CCO[C@H]4[C@@H]2[C@H](C(=O)N4c2ccc(C#N)c(C(F)(F)F)c2)[C@]1(C)O3.C[C@H]1[C@H](N)[C@]23CCO[C@@H]4[C@H]2[C@@H](C(=O)N4c2ccc(C#N)c(C(F)(F)F)c2)[C@@]1(C)O3. The van der Waals surface area contributed by atoms with Crippen LogP contribution in [0.15, 0.2) is 36.4 Å². The van der Waals surface area contributed by atoms with E-state index in [0.29, 0.717) is 26.1 Å². The fraction of sp³-hybridized carbons (Fsp3) is 0.600. The third-order valence-electron chi connectivity index (χ3n) is 15.0. The highest BCUT2D eigenvalue weighted by atomic mass is 19.4. The van der Waals surface area contributed by atoms with Crippen LogP contribution in [0, 0.1) is 58.2 Å². The molecule has 0 aromatic heterocycles. The molecule has 14 atom stereocenters. The van der Waals surface area contributed by atoms with Gasteiger partial charge in [-0.1, -0.05) is 13.8 Å². The number of benzene rings is 2. The average molecular weight is 815 g/mol. The van der Waals surface area contributed by atoms with Crippen molar-refractivity contribution in [3.8, 4) is 12.1 Å². The molecule has 0 radical (unpaired) electrons. The number of carbonyl (C=O) groups excluding carboxylic acids is 2. The molecule has 308 valence electrons. The smallest absolute Gasteiger partial charge is 0.365 e. The molecule has 0 saturated carbocycles. The van der Waals surface area contributed by atoms with Crippen molar-refractivity contribution >= 4 is 23.2 Å². The Hall–Kier alpha value is -4.30. The molecule has 10 rings (SSSR count). The first-order valence-corrected chi connectivity index (χ1v) is 19.2. The van der Waals surface area contributed by atoms with Gasteiger partial charge < -0.3 is 30.4 Å². The molecular weight excluding hydrogens is 774 g/mol. The summed E-state index contributed by atoms with van der Waals surface area (Å²) in [6.45, 7) is 8.26. The molecule has 8 fully saturated rings. The molecule has 4 N–H and O–H groups in total. The molecule has 18 heteroatoms. The first kappa shape index (κ1) is 39.2. The van der Waals surface area contributed by atoms with Crippen LogP contribution >= 0.6 is 0 Å². The van der Waals surface area contributed by atoms with Gasteiger partial charge in [-0.05, 0) is 50.2 Å². The minimum Gasteiger partial charge on any atom is -0.365 e. The highest BCUT2D eigenvalue weighted by Gasteiger charge is 2.81. The Morgan fingerprint density at radius 1 is 0.690 bits per heavy atom. The minimum atomic E-state index is -4.71. The van der Waals surface area contributed by atoms with Crippen molar-refractivity contribution in [3.63, 3.8) is 0 Å². The molecule has 8 saturated heterocycles. The van der Waals surface area contributed by atoms with Gasteiger partial charge in [0.25, 0.3) is 0 Å². The van der Waals surface area contributed by atoms with Crippen LogP contribution in [0.25, 0.3) is 0 Å². The molecule has 8 aliphatic heterocycles. The van der Waals surface area contributed by atoms with Crippen molar-refractivity contribution in [1.29, 1.82) is 10.5 Å². The Balaban J connectivity index is 0.000000150. The quantitative estimate of drug-likeness (QED) is 0.400. The highest BCUT2D eigenvalue weighted by Crippen LogP contribution is 2.68. The summed E-state index contributed by atoms with van der Waals surface area (Å²) in [7, 11) is 0. The fourth-order valence-electron chi connectivity index (χ4n) is 12.1. The van der Waals surface area contributed by atoms with E-state index in [9.17, 15) is 35.9 Å². The predicted molar refractivity (Wildman–Crippen MR) is 189 cm³/mol. The number of hydrogen-bond acceptors (Lipinski definition) is 10. The maximum absolute atomic E-state index is 13.5. The summed E-state index contributed by atoms with van der Waals surface area (Å²) in [5, 5.41) is 18.1. The second-order valence-corrected chi connectivity index (χ2v) is 17.2. The molecule has 2 aromatic carbocycles. The van der Waals surface area contributed by atoms with Crippen LogP contribution in [0.3, 0.4) is 0 Å². The number of nitrogens with two attached hydrogens (primary N) is 2. The zero-order valence-electron chi connectivity index (χ0n) is 31.7. The van der Waals surface area contributed by atoms with E-state index < -0.39 is 81.3 Å². The summed E-state index contributed by atoms with van der Waals surface area (Å²) in [5.74, 6) is -2.53. The second-order valence-electron chi connectivity index (χ2n) is 17.2. The number of alkyl halides is 6. The van der Waals surface area contributed by atoms with Crippen molar-refractivity contribution in [3.05, 3.63) is 58.7 Å². The fourth-order valence-corrected chi connectivity index (χ4v) is 12.1. The number of rotatable bonds is 2. The number of hydrogen-bond donors (Lipinski definition) is 2. The Kier molecular flexibility index (Phi) is 8.20. The number of carbonyl (C=O) groups is 2. The molecule has 4 bridgehead atoms. The van der Waals surface area contributed by atoms with Gasteiger partial charge in [0.2, 0.25) is 11.8 Å². The molecule has 58 heavy (non-hydrogen) atoms. The number of halogens is 6. The first-order valence-electron chi connectivity index (χ1n) is 19.2. The van der Waals surface area contributed by atoms with E-state index in [2.05, 4.69) is 0 Å². The predicted octanol–water partition coefficient (Wildman–Crippen LogP) is 4.81. The third kappa shape index (κ3) is 4.73. The van der Waals surface area contributed by atoms with E-state index in [0.717, 1.165) is 24.3 Å². The van der Waals surface area contributed by atoms with Crippen molar-refractivity contribution in [2.45, 2.75) is 99.8 Å². The number of nitriles is 2. The van der Waals surface area contributed by atoms with E-state index in [1.807, 2.05) is 27.7 Å². The van der Waals surface area contributed by atoms with Gasteiger partial charge in [-0.25, -0.2) is 0 Å². The normalized spacial score (nSPS) is 42.9. The first-order chi connectivity index (χ1) is 27.1. The number of nitrogens with zero attached hydrogens (tertiary/aromatic N) is 4. The van der Waals surface area contributed by atoms with Crippen LogP contribution < -0.4 is 21.3 Å².